The Morgan fingerprint density at radius 2 is 2.13 bits per heavy atom. The van der Waals surface area contributed by atoms with Crippen molar-refractivity contribution in [2.75, 3.05) is 31.1 Å². The van der Waals surface area contributed by atoms with Gasteiger partial charge in [-0.3, -0.25) is 14.5 Å². The van der Waals surface area contributed by atoms with Gasteiger partial charge in [0.15, 0.2) is 0 Å². The van der Waals surface area contributed by atoms with Gasteiger partial charge in [-0.1, -0.05) is 13.8 Å². The molecule has 1 N–H and O–H groups in total. The zero-order valence-electron chi connectivity index (χ0n) is 14.5. The predicted molar refractivity (Wildman–Crippen MR) is 89.3 cm³/mol. The molecule has 2 amide bonds. The van der Waals surface area contributed by atoms with Gasteiger partial charge in [0.1, 0.15) is 11.9 Å². The Morgan fingerprint density at radius 3 is 2.78 bits per heavy atom. The Morgan fingerprint density at radius 1 is 1.43 bits per heavy atom. The normalized spacial score (nSPS) is 15.7. The maximum atomic E-state index is 12.4. The van der Waals surface area contributed by atoms with E-state index in [1.807, 2.05) is 13.0 Å². The lowest BCUT2D eigenvalue weighted by molar-refractivity contribution is -0.126. The maximum absolute atomic E-state index is 12.4. The summed E-state index contributed by atoms with van der Waals surface area (Å²) >= 11 is 0. The van der Waals surface area contributed by atoms with Crippen molar-refractivity contribution in [2.45, 2.75) is 46.7 Å². The van der Waals surface area contributed by atoms with E-state index in [9.17, 15) is 9.59 Å². The Labute approximate surface area is 137 Å². The molecule has 2 rings (SSSR count). The summed E-state index contributed by atoms with van der Waals surface area (Å²) in [5.74, 6) is 0.562. The number of likely N-dealkylation sites (N-methyl/N-ethyl adjacent to an activating group) is 1. The van der Waals surface area contributed by atoms with E-state index in [4.69, 9.17) is 0 Å². The number of fused-ring (bicyclic) bond motifs is 1. The quantitative estimate of drug-likeness (QED) is 0.805. The first-order chi connectivity index (χ1) is 11.0. The van der Waals surface area contributed by atoms with Crippen LogP contribution in [0.5, 0.6) is 0 Å². The summed E-state index contributed by atoms with van der Waals surface area (Å²) in [6, 6.07) is 1.32. The topological polar surface area (TPSA) is 70.5 Å². The van der Waals surface area contributed by atoms with Gasteiger partial charge in [-0.05, 0) is 26.9 Å². The average molecular weight is 321 g/mol. The van der Waals surface area contributed by atoms with Crippen LogP contribution in [0.15, 0.2) is 6.07 Å². The fourth-order valence-corrected chi connectivity index (χ4v) is 2.90. The van der Waals surface area contributed by atoms with Crippen molar-refractivity contribution in [3.05, 3.63) is 11.8 Å². The molecule has 7 heteroatoms. The van der Waals surface area contributed by atoms with Gasteiger partial charge in [0, 0.05) is 25.6 Å². The van der Waals surface area contributed by atoms with Crippen LogP contribution >= 0.6 is 0 Å². The average Bonchev–Trinajstić information content (AvgIpc) is 2.91. The highest BCUT2D eigenvalue weighted by molar-refractivity contribution is 6.00. The lowest BCUT2D eigenvalue weighted by Crippen LogP contribution is -2.51. The smallest absolute Gasteiger partial charge is 0.243 e. The molecule has 2 heterocycles. The number of aryl methyl sites for hydroxylation is 2. The third-order valence-corrected chi connectivity index (χ3v) is 4.32. The summed E-state index contributed by atoms with van der Waals surface area (Å²) in [4.78, 5) is 28.5. The highest BCUT2D eigenvalue weighted by Gasteiger charge is 2.32. The van der Waals surface area contributed by atoms with E-state index in [1.54, 1.807) is 16.5 Å². The number of nitrogens with one attached hydrogen (secondary N) is 1. The van der Waals surface area contributed by atoms with Crippen LogP contribution in [-0.4, -0.2) is 58.7 Å². The highest BCUT2D eigenvalue weighted by atomic mass is 16.2. The predicted octanol–water partition coefficient (Wildman–Crippen LogP) is 0.775. The zero-order valence-corrected chi connectivity index (χ0v) is 14.5. The molecule has 1 aliphatic heterocycles. The fraction of sp³-hybridized carbons (Fsp3) is 0.688. The van der Waals surface area contributed by atoms with Gasteiger partial charge < -0.3 is 10.2 Å². The van der Waals surface area contributed by atoms with E-state index < -0.39 is 6.04 Å². The van der Waals surface area contributed by atoms with Crippen molar-refractivity contribution in [1.29, 1.82) is 0 Å². The molecule has 0 fully saturated rings. The first-order valence-corrected chi connectivity index (χ1v) is 8.34. The van der Waals surface area contributed by atoms with Crippen LogP contribution in [0.4, 0.5) is 5.82 Å². The van der Waals surface area contributed by atoms with Crippen LogP contribution in [0, 0.1) is 6.92 Å². The van der Waals surface area contributed by atoms with E-state index in [0.717, 1.165) is 25.3 Å². The largest absolute Gasteiger partial charge is 0.353 e. The minimum Gasteiger partial charge on any atom is -0.353 e. The SMILES string of the molecule is CCN(CC)CCNC(=O)[C@H](C)N1C(=O)CCn2nc(C)cc21. The molecule has 1 aromatic rings. The van der Waals surface area contributed by atoms with Crippen molar-refractivity contribution < 1.29 is 9.59 Å². The molecule has 0 radical (unpaired) electrons. The number of amides is 2. The van der Waals surface area contributed by atoms with Gasteiger partial charge in [0.2, 0.25) is 11.8 Å². The molecule has 0 spiro atoms. The number of rotatable bonds is 7. The summed E-state index contributed by atoms with van der Waals surface area (Å²) in [5, 5.41) is 7.30. The number of anilines is 1. The number of nitrogens with zero attached hydrogens (tertiary/aromatic N) is 4. The Hall–Kier alpha value is -1.89. The third-order valence-electron chi connectivity index (χ3n) is 4.32. The van der Waals surface area contributed by atoms with E-state index in [-0.39, 0.29) is 11.8 Å². The van der Waals surface area contributed by atoms with Crippen molar-refractivity contribution in [3.8, 4) is 0 Å². The van der Waals surface area contributed by atoms with E-state index in [0.29, 0.717) is 25.3 Å². The molecule has 0 saturated heterocycles. The molecule has 0 unspecified atom stereocenters. The summed E-state index contributed by atoms with van der Waals surface area (Å²) in [6.45, 7) is 11.8. The minimum atomic E-state index is -0.533. The second-order valence-electron chi connectivity index (χ2n) is 5.87. The van der Waals surface area contributed by atoms with Crippen molar-refractivity contribution in [2.24, 2.45) is 0 Å². The van der Waals surface area contributed by atoms with E-state index in [1.165, 1.54) is 0 Å². The zero-order chi connectivity index (χ0) is 17.0. The van der Waals surface area contributed by atoms with Crippen LogP contribution in [0.1, 0.15) is 32.9 Å². The Kier molecular flexibility index (Phi) is 5.76. The Balaban J connectivity index is 2.00. The number of aromatic nitrogens is 2. The number of carbonyl (C=O) groups is 2. The van der Waals surface area contributed by atoms with Crippen LogP contribution in [0.25, 0.3) is 0 Å². The van der Waals surface area contributed by atoms with Gasteiger partial charge in [-0.15, -0.1) is 0 Å². The summed E-state index contributed by atoms with van der Waals surface area (Å²) in [6.07, 6.45) is 0.380. The molecule has 0 aliphatic carbocycles. The molecular formula is C16H27N5O2. The minimum absolute atomic E-state index is 0.0243. The fourth-order valence-electron chi connectivity index (χ4n) is 2.90. The summed E-state index contributed by atoms with van der Waals surface area (Å²) < 4.78 is 1.80. The molecule has 0 bridgehead atoms. The van der Waals surface area contributed by atoms with E-state index >= 15 is 0 Å². The van der Waals surface area contributed by atoms with E-state index in [2.05, 4.69) is 29.2 Å². The van der Waals surface area contributed by atoms with Gasteiger partial charge in [-0.25, -0.2) is 4.68 Å². The molecule has 1 aliphatic rings. The maximum Gasteiger partial charge on any atom is 0.243 e. The van der Waals surface area contributed by atoms with Gasteiger partial charge in [-0.2, -0.15) is 5.10 Å². The molecule has 0 saturated carbocycles. The number of hydrogen-bond acceptors (Lipinski definition) is 4. The molecule has 128 valence electrons. The Bertz CT molecular complexity index is 565. The highest BCUT2D eigenvalue weighted by Crippen LogP contribution is 2.24. The molecular weight excluding hydrogens is 294 g/mol. The van der Waals surface area contributed by atoms with Crippen molar-refractivity contribution >= 4 is 17.6 Å². The molecule has 23 heavy (non-hydrogen) atoms. The van der Waals surface area contributed by atoms with Crippen LogP contribution in [0.2, 0.25) is 0 Å². The molecule has 1 aromatic heterocycles. The first kappa shape index (κ1) is 17.5. The lowest BCUT2D eigenvalue weighted by Gasteiger charge is -2.32. The standard InChI is InChI=1S/C16H27N5O2/c1-5-19(6-2)10-8-17-16(23)13(4)21-14-11-12(3)18-20(14)9-7-15(21)22/h11,13H,5-10H2,1-4H3,(H,17,23)/t13-/m0/s1. The third kappa shape index (κ3) is 3.90. The second-order valence-corrected chi connectivity index (χ2v) is 5.87. The van der Waals surface area contributed by atoms with Crippen LogP contribution in [-0.2, 0) is 16.1 Å². The van der Waals surface area contributed by atoms with Gasteiger partial charge >= 0.3 is 0 Å². The van der Waals surface area contributed by atoms with Crippen molar-refractivity contribution in [3.63, 3.8) is 0 Å². The van der Waals surface area contributed by atoms with Crippen LogP contribution < -0.4 is 10.2 Å². The molecule has 7 nitrogen and oxygen atoms in total. The van der Waals surface area contributed by atoms with Crippen molar-refractivity contribution in [1.82, 2.24) is 20.0 Å². The van der Waals surface area contributed by atoms with Crippen LogP contribution in [0.3, 0.4) is 0 Å². The van der Waals surface area contributed by atoms with Gasteiger partial charge in [0.05, 0.1) is 12.2 Å². The monoisotopic (exact) mass is 321 g/mol. The van der Waals surface area contributed by atoms with Gasteiger partial charge in [0.25, 0.3) is 0 Å². The number of carbonyl (C=O) groups excluding carboxylic acids is 2. The lowest BCUT2D eigenvalue weighted by atomic mass is 10.2. The first-order valence-electron chi connectivity index (χ1n) is 8.34. The number of hydrogen-bond donors (Lipinski definition) is 1. The second kappa shape index (κ2) is 7.59. The molecule has 1 atom stereocenters. The summed E-state index contributed by atoms with van der Waals surface area (Å²) in [7, 11) is 0. The summed E-state index contributed by atoms with van der Waals surface area (Å²) in [5.41, 5.74) is 0.855. The molecule has 0 aromatic carbocycles.